The molecule has 0 aliphatic heterocycles. The Morgan fingerprint density at radius 2 is 1.89 bits per heavy atom. The summed E-state index contributed by atoms with van der Waals surface area (Å²) >= 11 is 7.36. The number of nitrogens with one attached hydrogen (secondary N) is 1. The molecule has 0 saturated carbocycles. The Bertz CT molecular complexity index is 917. The van der Waals surface area contributed by atoms with E-state index in [-0.39, 0.29) is 5.75 Å². The summed E-state index contributed by atoms with van der Waals surface area (Å²) in [7, 11) is 1.55. The molecule has 3 rings (SSSR count). The van der Waals surface area contributed by atoms with Crippen LogP contribution in [-0.4, -0.2) is 28.7 Å². The Balaban J connectivity index is 1.66. The number of H-pyrrole nitrogens is 1. The molecular formula is C17H13ClF3N3O2S. The molecule has 142 valence electrons. The molecular weight excluding hydrogens is 403 g/mol. The predicted octanol–water partition coefficient (Wildman–Crippen LogP) is 5.32. The fourth-order valence-corrected chi connectivity index (χ4v) is 3.16. The molecule has 0 bridgehead atoms. The van der Waals surface area contributed by atoms with Crippen LogP contribution in [0.15, 0.2) is 47.6 Å². The number of nitrogens with zero attached hydrogens (tertiary/aromatic N) is 2. The highest BCUT2D eigenvalue weighted by Gasteiger charge is 2.30. The number of rotatable bonds is 6. The van der Waals surface area contributed by atoms with Gasteiger partial charge in [-0.2, -0.15) is 0 Å². The normalized spacial score (nSPS) is 11.4. The minimum atomic E-state index is -4.70. The molecule has 2 aromatic carbocycles. The first-order valence-corrected chi connectivity index (χ1v) is 8.94. The number of hydrogen-bond acceptors (Lipinski definition) is 5. The number of ether oxygens (including phenoxy) is 2. The first-order chi connectivity index (χ1) is 12.8. The molecule has 0 aliphatic carbocycles. The van der Waals surface area contributed by atoms with E-state index in [2.05, 4.69) is 19.9 Å². The second-order valence-corrected chi connectivity index (χ2v) is 6.67. The largest absolute Gasteiger partial charge is 0.573 e. The molecule has 1 heterocycles. The number of halogens is 4. The summed E-state index contributed by atoms with van der Waals surface area (Å²) in [6, 6.07) is 10.8. The summed E-state index contributed by atoms with van der Waals surface area (Å²) in [5.74, 6) is 1.33. The van der Waals surface area contributed by atoms with E-state index in [1.54, 1.807) is 37.4 Å². The number of aromatic nitrogens is 3. The minimum Gasteiger partial charge on any atom is -0.496 e. The van der Waals surface area contributed by atoms with Gasteiger partial charge in [0.2, 0.25) is 5.16 Å². The average molecular weight is 416 g/mol. The van der Waals surface area contributed by atoms with Crippen molar-refractivity contribution in [2.75, 3.05) is 7.11 Å². The molecule has 10 heteroatoms. The topological polar surface area (TPSA) is 60.0 Å². The third-order valence-corrected chi connectivity index (χ3v) is 4.56. The first kappa shape index (κ1) is 19.4. The highest BCUT2D eigenvalue weighted by atomic mass is 35.5. The first-order valence-electron chi connectivity index (χ1n) is 7.58. The zero-order valence-electron chi connectivity index (χ0n) is 13.9. The SMILES string of the molecule is COc1ccc(Cl)cc1-c1nc(SCc2ccc(OC(F)(F)F)cc2)n[nH]1. The van der Waals surface area contributed by atoms with Crippen molar-refractivity contribution in [1.82, 2.24) is 15.2 Å². The number of hydrogen-bond donors (Lipinski definition) is 1. The second-order valence-electron chi connectivity index (χ2n) is 5.29. The van der Waals surface area contributed by atoms with Crippen molar-refractivity contribution in [3.63, 3.8) is 0 Å². The van der Waals surface area contributed by atoms with Gasteiger partial charge in [-0.15, -0.1) is 18.3 Å². The second kappa shape index (κ2) is 8.10. The highest BCUT2D eigenvalue weighted by molar-refractivity contribution is 7.98. The molecule has 0 spiro atoms. The molecule has 0 aliphatic rings. The van der Waals surface area contributed by atoms with E-state index >= 15 is 0 Å². The lowest BCUT2D eigenvalue weighted by molar-refractivity contribution is -0.274. The van der Waals surface area contributed by atoms with Gasteiger partial charge in [-0.3, -0.25) is 5.10 Å². The molecule has 0 unspecified atom stereocenters. The molecule has 3 aromatic rings. The Morgan fingerprint density at radius 1 is 1.15 bits per heavy atom. The van der Waals surface area contributed by atoms with Crippen molar-refractivity contribution in [2.24, 2.45) is 0 Å². The zero-order chi connectivity index (χ0) is 19.4. The molecule has 1 aromatic heterocycles. The van der Waals surface area contributed by atoms with Gasteiger partial charge in [0.25, 0.3) is 0 Å². The van der Waals surface area contributed by atoms with E-state index in [4.69, 9.17) is 16.3 Å². The monoisotopic (exact) mass is 415 g/mol. The van der Waals surface area contributed by atoms with Gasteiger partial charge in [-0.05, 0) is 35.9 Å². The lowest BCUT2D eigenvalue weighted by Crippen LogP contribution is -2.16. The van der Waals surface area contributed by atoms with Crippen molar-refractivity contribution < 1.29 is 22.6 Å². The van der Waals surface area contributed by atoms with Crippen LogP contribution in [0.5, 0.6) is 11.5 Å². The number of aromatic amines is 1. The Hall–Kier alpha value is -2.39. The zero-order valence-corrected chi connectivity index (χ0v) is 15.5. The highest BCUT2D eigenvalue weighted by Crippen LogP contribution is 2.31. The van der Waals surface area contributed by atoms with E-state index in [0.29, 0.717) is 33.1 Å². The van der Waals surface area contributed by atoms with Crippen molar-refractivity contribution in [3.8, 4) is 22.9 Å². The standard InChI is InChI=1S/C17H13ClF3N3O2S/c1-25-14-7-4-11(18)8-13(14)15-22-16(24-23-15)27-9-10-2-5-12(6-3-10)26-17(19,20)21/h2-8H,9H2,1H3,(H,22,23,24). The summed E-state index contributed by atoms with van der Waals surface area (Å²) < 4.78 is 45.6. The van der Waals surface area contributed by atoms with Crippen LogP contribution < -0.4 is 9.47 Å². The van der Waals surface area contributed by atoms with Gasteiger partial charge in [-0.1, -0.05) is 35.5 Å². The van der Waals surface area contributed by atoms with Crippen molar-refractivity contribution in [3.05, 3.63) is 53.1 Å². The predicted molar refractivity (Wildman–Crippen MR) is 96.1 cm³/mol. The quantitative estimate of drug-likeness (QED) is 0.552. The smallest absolute Gasteiger partial charge is 0.496 e. The maximum atomic E-state index is 12.2. The van der Waals surface area contributed by atoms with Gasteiger partial charge < -0.3 is 9.47 Å². The molecule has 1 N–H and O–H groups in total. The fourth-order valence-electron chi connectivity index (χ4n) is 2.23. The summed E-state index contributed by atoms with van der Waals surface area (Å²) in [4.78, 5) is 4.40. The Morgan fingerprint density at radius 3 is 2.56 bits per heavy atom. The van der Waals surface area contributed by atoms with E-state index in [1.807, 2.05) is 0 Å². The summed E-state index contributed by atoms with van der Waals surface area (Å²) in [5, 5.41) is 7.99. The molecule has 0 saturated heterocycles. The van der Waals surface area contributed by atoms with Gasteiger partial charge in [0, 0.05) is 10.8 Å². The van der Waals surface area contributed by atoms with Crippen LogP contribution in [0.2, 0.25) is 5.02 Å². The summed E-state index contributed by atoms with van der Waals surface area (Å²) in [5.41, 5.74) is 1.49. The molecule has 27 heavy (non-hydrogen) atoms. The third kappa shape index (κ3) is 5.30. The number of alkyl halides is 3. The third-order valence-electron chi connectivity index (χ3n) is 3.41. The summed E-state index contributed by atoms with van der Waals surface area (Å²) in [6.07, 6.45) is -4.70. The van der Waals surface area contributed by atoms with Gasteiger partial charge in [0.05, 0.1) is 12.7 Å². The van der Waals surface area contributed by atoms with Crippen LogP contribution in [0.25, 0.3) is 11.4 Å². The molecule has 0 radical (unpaired) electrons. The van der Waals surface area contributed by atoms with Gasteiger partial charge in [0.1, 0.15) is 11.5 Å². The van der Waals surface area contributed by atoms with Crippen molar-refractivity contribution >= 4 is 23.4 Å². The van der Waals surface area contributed by atoms with Crippen molar-refractivity contribution in [1.29, 1.82) is 0 Å². The van der Waals surface area contributed by atoms with E-state index < -0.39 is 6.36 Å². The van der Waals surface area contributed by atoms with Crippen LogP contribution in [0.4, 0.5) is 13.2 Å². The molecule has 0 fully saturated rings. The van der Waals surface area contributed by atoms with Crippen LogP contribution >= 0.6 is 23.4 Å². The average Bonchev–Trinajstić information content (AvgIpc) is 3.09. The van der Waals surface area contributed by atoms with Crippen LogP contribution in [0.3, 0.4) is 0 Å². The lowest BCUT2D eigenvalue weighted by Gasteiger charge is -2.08. The fraction of sp³-hybridized carbons (Fsp3) is 0.176. The van der Waals surface area contributed by atoms with Gasteiger partial charge >= 0.3 is 6.36 Å². The number of methoxy groups -OCH3 is 1. The summed E-state index contributed by atoms with van der Waals surface area (Å²) in [6.45, 7) is 0. The van der Waals surface area contributed by atoms with Gasteiger partial charge in [0.15, 0.2) is 5.82 Å². The molecule has 5 nitrogen and oxygen atoms in total. The Labute approximate surface area is 161 Å². The lowest BCUT2D eigenvalue weighted by atomic mass is 10.2. The maximum absolute atomic E-state index is 12.2. The van der Waals surface area contributed by atoms with E-state index in [1.165, 1.54) is 23.9 Å². The van der Waals surface area contributed by atoms with E-state index in [0.717, 1.165) is 5.56 Å². The molecule has 0 amide bonds. The van der Waals surface area contributed by atoms with E-state index in [9.17, 15) is 13.2 Å². The van der Waals surface area contributed by atoms with Crippen LogP contribution in [-0.2, 0) is 5.75 Å². The maximum Gasteiger partial charge on any atom is 0.573 e. The minimum absolute atomic E-state index is 0.260. The Kier molecular flexibility index (Phi) is 5.81. The van der Waals surface area contributed by atoms with Crippen LogP contribution in [0, 0.1) is 0 Å². The number of benzene rings is 2. The van der Waals surface area contributed by atoms with Crippen molar-refractivity contribution in [2.45, 2.75) is 17.3 Å². The van der Waals surface area contributed by atoms with Crippen LogP contribution in [0.1, 0.15) is 5.56 Å². The molecule has 0 atom stereocenters. The van der Waals surface area contributed by atoms with Gasteiger partial charge in [-0.25, -0.2) is 4.98 Å². The number of thioether (sulfide) groups is 1.